The van der Waals surface area contributed by atoms with Crippen molar-refractivity contribution in [2.75, 3.05) is 26.3 Å². The first-order chi connectivity index (χ1) is 12.9. The Hall–Kier alpha value is -1.25. The Morgan fingerprint density at radius 1 is 1.31 bits per heavy atom. The fourth-order valence-corrected chi connectivity index (χ4v) is 4.30. The zero-order valence-electron chi connectivity index (χ0n) is 15.0. The van der Waals surface area contributed by atoms with Crippen LogP contribution in [-0.4, -0.2) is 54.4 Å². The van der Waals surface area contributed by atoms with Crippen molar-refractivity contribution in [3.8, 4) is 0 Å². The van der Waals surface area contributed by atoms with E-state index < -0.39 is 0 Å². The fourth-order valence-electron chi connectivity index (χ4n) is 3.76. The predicted octanol–water partition coefficient (Wildman–Crippen LogP) is 2.66. The molecule has 142 valence electrons. The molecule has 0 aromatic carbocycles. The maximum absolute atomic E-state index is 6.15. The molecule has 0 bridgehead atoms. The Balaban J connectivity index is 1.23. The maximum atomic E-state index is 6.15. The molecule has 2 atom stereocenters. The van der Waals surface area contributed by atoms with Crippen molar-refractivity contribution < 1.29 is 13.9 Å². The van der Waals surface area contributed by atoms with Crippen molar-refractivity contribution in [3.63, 3.8) is 0 Å². The molecule has 4 heterocycles. The van der Waals surface area contributed by atoms with Crippen LogP contribution in [0.25, 0.3) is 0 Å². The van der Waals surface area contributed by atoms with Gasteiger partial charge in [-0.05, 0) is 31.4 Å². The highest BCUT2D eigenvalue weighted by Crippen LogP contribution is 2.19. The summed E-state index contributed by atoms with van der Waals surface area (Å²) in [6, 6.07) is 4.80. The standard InChI is InChI=1S/C19H27N3O3S/c1-2-17(24-8-1)10-22-6-3-15(4-7-22)21-18-12-23-9-5-19(18)25-11-16-13-26-14-20-16/h1-2,8,13-15,18-19,21H,3-7,9-12H2/t18-,19+/m1/s1. The van der Waals surface area contributed by atoms with Crippen LogP contribution in [0.15, 0.2) is 33.7 Å². The molecule has 2 fully saturated rings. The van der Waals surface area contributed by atoms with E-state index in [9.17, 15) is 0 Å². The van der Waals surface area contributed by atoms with Crippen LogP contribution in [0.2, 0.25) is 0 Å². The van der Waals surface area contributed by atoms with Gasteiger partial charge >= 0.3 is 0 Å². The lowest BCUT2D eigenvalue weighted by Gasteiger charge is -2.38. The minimum absolute atomic E-state index is 0.201. The molecule has 6 nitrogen and oxygen atoms in total. The largest absolute Gasteiger partial charge is 0.468 e. The number of piperidine rings is 1. The number of ether oxygens (including phenoxy) is 2. The second-order valence-corrected chi connectivity index (χ2v) is 7.81. The summed E-state index contributed by atoms with van der Waals surface area (Å²) in [6.07, 6.45) is 5.19. The van der Waals surface area contributed by atoms with Gasteiger partial charge in [0.25, 0.3) is 0 Å². The first-order valence-electron chi connectivity index (χ1n) is 9.44. The van der Waals surface area contributed by atoms with Gasteiger partial charge in [0.2, 0.25) is 0 Å². The molecule has 4 rings (SSSR count). The van der Waals surface area contributed by atoms with E-state index in [1.165, 1.54) is 0 Å². The first kappa shape index (κ1) is 18.1. The molecule has 26 heavy (non-hydrogen) atoms. The van der Waals surface area contributed by atoms with E-state index in [1.54, 1.807) is 17.6 Å². The predicted molar refractivity (Wildman–Crippen MR) is 100 cm³/mol. The van der Waals surface area contributed by atoms with Gasteiger partial charge in [0.1, 0.15) is 5.76 Å². The van der Waals surface area contributed by atoms with Crippen molar-refractivity contribution >= 4 is 11.3 Å². The van der Waals surface area contributed by atoms with Crippen molar-refractivity contribution in [2.45, 2.75) is 50.6 Å². The second-order valence-electron chi connectivity index (χ2n) is 7.10. The number of rotatable bonds is 7. The SMILES string of the molecule is c1coc(CN2CCC(N[C@@H]3COCC[C@@H]3OCc3cscn3)CC2)c1. The minimum Gasteiger partial charge on any atom is -0.468 e. The average molecular weight is 378 g/mol. The summed E-state index contributed by atoms with van der Waals surface area (Å²) in [5.41, 5.74) is 2.88. The van der Waals surface area contributed by atoms with Crippen LogP contribution < -0.4 is 5.32 Å². The van der Waals surface area contributed by atoms with Gasteiger partial charge in [0.15, 0.2) is 0 Å². The molecular formula is C19H27N3O3S. The number of furan rings is 1. The summed E-state index contributed by atoms with van der Waals surface area (Å²) in [6.45, 7) is 5.20. The zero-order valence-corrected chi connectivity index (χ0v) is 15.8. The van der Waals surface area contributed by atoms with Gasteiger partial charge in [-0.15, -0.1) is 11.3 Å². The lowest BCUT2D eigenvalue weighted by Crippen LogP contribution is -2.54. The van der Waals surface area contributed by atoms with Gasteiger partial charge in [0.05, 0.1) is 49.4 Å². The molecule has 2 aliphatic heterocycles. The van der Waals surface area contributed by atoms with E-state index in [1.807, 2.05) is 17.6 Å². The minimum atomic E-state index is 0.201. The highest BCUT2D eigenvalue weighted by Gasteiger charge is 2.30. The maximum Gasteiger partial charge on any atom is 0.117 e. The van der Waals surface area contributed by atoms with Gasteiger partial charge < -0.3 is 19.2 Å². The van der Waals surface area contributed by atoms with Gasteiger partial charge in [-0.3, -0.25) is 4.90 Å². The van der Waals surface area contributed by atoms with E-state index in [0.29, 0.717) is 12.6 Å². The number of nitrogens with zero attached hydrogens (tertiary/aromatic N) is 2. The van der Waals surface area contributed by atoms with Crippen molar-refractivity contribution in [1.82, 2.24) is 15.2 Å². The Morgan fingerprint density at radius 2 is 2.23 bits per heavy atom. The number of likely N-dealkylation sites (tertiary alicyclic amines) is 1. The van der Waals surface area contributed by atoms with Gasteiger partial charge in [-0.1, -0.05) is 0 Å². The molecule has 2 aromatic rings. The Morgan fingerprint density at radius 3 is 3.00 bits per heavy atom. The summed E-state index contributed by atoms with van der Waals surface area (Å²) < 4.78 is 17.3. The van der Waals surface area contributed by atoms with Gasteiger partial charge in [0, 0.05) is 31.1 Å². The van der Waals surface area contributed by atoms with Crippen LogP contribution in [0.3, 0.4) is 0 Å². The van der Waals surface area contributed by atoms with Crippen LogP contribution in [-0.2, 0) is 22.6 Å². The summed E-state index contributed by atoms with van der Waals surface area (Å²) in [5.74, 6) is 1.05. The highest BCUT2D eigenvalue weighted by atomic mass is 32.1. The molecule has 0 spiro atoms. The highest BCUT2D eigenvalue weighted by molar-refractivity contribution is 7.07. The number of aromatic nitrogens is 1. The molecule has 0 radical (unpaired) electrons. The molecule has 0 unspecified atom stereocenters. The monoisotopic (exact) mass is 377 g/mol. The van der Waals surface area contributed by atoms with Crippen molar-refractivity contribution in [3.05, 3.63) is 40.7 Å². The molecule has 7 heteroatoms. The smallest absolute Gasteiger partial charge is 0.117 e. The third kappa shape index (κ3) is 4.92. The summed E-state index contributed by atoms with van der Waals surface area (Å²) in [5, 5.41) is 5.85. The number of nitrogens with one attached hydrogen (secondary N) is 1. The van der Waals surface area contributed by atoms with Crippen LogP contribution >= 0.6 is 11.3 Å². The normalized spacial score (nSPS) is 25.5. The van der Waals surface area contributed by atoms with Crippen molar-refractivity contribution in [2.24, 2.45) is 0 Å². The zero-order chi connectivity index (χ0) is 17.6. The third-order valence-electron chi connectivity index (χ3n) is 5.22. The molecule has 1 N–H and O–H groups in total. The average Bonchev–Trinajstić information content (AvgIpc) is 3.37. The fraction of sp³-hybridized carbons (Fsp3) is 0.632. The summed E-state index contributed by atoms with van der Waals surface area (Å²) in [4.78, 5) is 6.77. The number of hydrogen-bond donors (Lipinski definition) is 1. The molecule has 0 saturated carbocycles. The van der Waals surface area contributed by atoms with E-state index in [4.69, 9.17) is 13.9 Å². The molecule has 0 aliphatic carbocycles. The third-order valence-corrected chi connectivity index (χ3v) is 5.85. The van der Waals surface area contributed by atoms with Gasteiger partial charge in [-0.25, -0.2) is 4.98 Å². The van der Waals surface area contributed by atoms with Crippen LogP contribution in [0.1, 0.15) is 30.7 Å². The van der Waals surface area contributed by atoms with E-state index in [0.717, 1.165) is 63.6 Å². The van der Waals surface area contributed by atoms with Crippen LogP contribution in [0.4, 0.5) is 0 Å². The lowest BCUT2D eigenvalue weighted by atomic mass is 10.00. The molecule has 2 aromatic heterocycles. The van der Waals surface area contributed by atoms with Crippen LogP contribution in [0, 0.1) is 0 Å². The molecule has 2 aliphatic rings. The lowest BCUT2D eigenvalue weighted by molar-refractivity contribution is -0.0674. The Kier molecular flexibility index (Phi) is 6.35. The Bertz CT molecular complexity index is 627. The quantitative estimate of drug-likeness (QED) is 0.801. The number of thiazole rings is 1. The van der Waals surface area contributed by atoms with Crippen LogP contribution in [0.5, 0.6) is 0 Å². The van der Waals surface area contributed by atoms with Crippen molar-refractivity contribution in [1.29, 1.82) is 0 Å². The number of hydrogen-bond acceptors (Lipinski definition) is 7. The molecule has 0 amide bonds. The van der Waals surface area contributed by atoms with E-state index >= 15 is 0 Å². The van der Waals surface area contributed by atoms with E-state index in [-0.39, 0.29) is 12.1 Å². The molecular weight excluding hydrogens is 350 g/mol. The van der Waals surface area contributed by atoms with E-state index in [2.05, 4.69) is 20.6 Å². The Labute approximate surface area is 158 Å². The van der Waals surface area contributed by atoms with Gasteiger partial charge in [-0.2, -0.15) is 0 Å². The summed E-state index contributed by atoms with van der Waals surface area (Å²) >= 11 is 1.61. The first-order valence-corrected chi connectivity index (χ1v) is 10.4. The summed E-state index contributed by atoms with van der Waals surface area (Å²) in [7, 11) is 0. The second kappa shape index (κ2) is 9.10. The molecule has 2 saturated heterocycles. The topological polar surface area (TPSA) is 59.8 Å².